The van der Waals surface area contributed by atoms with E-state index in [1.165, 1.54) is 15.6 Å². The summed E-state index contributed by atoms with van der Waals surface area (Å²) in [4.78, 5) is 3.33. The van der Waals surface area contributed by atoms with Gasteiger partial charge >= 0.3 is 0 Å². The van der Waals surface area contributed by atoms with E-state index in [0.29, 0.717) is 4.90 Å². The van der Waals surface area contributed by atoms with Crippen LogP contribution in [0.15, 0.2) is 14.7 Å². The van der Waals surface area contributed by atoms with Crippen LogP contribution in [0.4, 0.5) is 0 Å². The van der Waals surface area contributed by atoms with Gasteiger partial charge in [0.25, 0.3) is 0 Å². The van der Waals surface area contributed by atoms with Crippen LogP contribution in [-0.2, 0) is 10.0 Å². The molecule has 0 aliphatic carbocycles. The summed E-state index contributed by atoms with van der Waals surface area (Å²) in [5.41, 5.74) is 0. The molecule has 2 rings (SSSR count). The van der Waals surface area contributed by atoms with Gasteiger partial charge in [0.15, 0.2) is 0 Å². The zero-order chi connectivity index (χ0) is 15.6. The Hall–Kier alpha value is 0.01000. The third-order valence-corrected chi connectivity index (χ3v) is 7.61. The predicted octanol–water partition coefficient (Wildman–Crippen LogP) is 1.90. The van der Waals surface area contributed by atoms with E-state index in [4.69, 9.17) is 0 Å². The second-order valence-corrected chi connectivity index (χ2v) is 9.84. The Kier molecular flexibility index (Phi) is 5.84. The molecule has 1 N–H and O–H groups in total. The van der Waals surface area contributed by atoms with Gasteiger partial charge in [0.05, 0.1) is 15.3 Å². The van der Waals surface area contributed by atoms with Crippen LogP contribution in [0.1, 0.15) is 17.7 Å². The standard InChI is InChI=1S/C13H21BrN2O3S2/c1-10-12(9-13(14)20-10)21(18,19)16(7-8-17)11-3-5-15(2)6-4-11/h9,11,17H,3-8H2,1-2H3. The molecule has 1 aromatic rings. The monoisotopic (exact) mass is 396 g/mol. The minimum absolute atomic E-state index is 0.0311. The summed E-state index contributed by atoms with van der Waals surface area (Å²) in [6.45, 7) is 3.58. The fraction of sp³-hybridized carbons (Fsp3) is 0.692. The third kappa shape index (κ3) is 3.86. The van der Waals surface area contributed by atoms with Crippen LogP contribution < -0.4 is 0 Å². The van der Waals surface area contributed by atoms with E-state index in [0.717, 1.165) is 34.6 Å². The number of hydrogen-bond acceptors (Lipinski definition) is 5. The van der Waals surface area contributed by atoms with Gasteiger partial charge in [-0.25, -0.2) is 8.42 Å². The Labute approximate surface area is 138 Å². The van der Waals surface area contributed by atoms with E-state index in [2.05, 4.69) is 20.8 Å². The molecular formula is C13H21BrN2O3S2. The molecule has 1 aliphatic rings. The highest BCUT2D eigenvalue weighted by atomic mass is 79.9. The molecule has 8 heteroatoms. The van der Waals surface area contributed by atoms with Gasteiger partial charge in [-0.2, -0.15) is 4.31 Å². The summed E-state index contributed by atoms with van der Waals surface area (Å²) in [6.07, 6.45) is 1.61. The van der Waals surface area contributed by atoms with E-state index in [1.54, 1.807) is 6.07 Å². The summed E-state index contributed by atoms with van der Waals surface area (Å²) in [5.74, 6) is 0. The maximum atomic E-state index is 12.9. The number of thiophene rings is 1. The lowest BCUT2D eigenvalue weighted by Gasteiger charge is -2.36. The maximum Gasteiger partial charge on any atom is 0.244 e. The van der Waals surface area contributed by atoms with Gasteiger partial charge in [0.1, 0.15) is 0 Å². The van der Waals surface area contributed by atoms with Crippen molar-refractivity contribution in [3.05, 3.63) is 14.7 Å². The van der Waals surface area contributed by atoms with Crippen LogP contribution in [0.5, 0.6) is 0 Å². The van der Waals surface area contributed by atoms with Crippen molar-refractivity contribution in [2.75, 3.05) is 33.3 Å². The average Bonchev–Trinajstić information content (AvgIpc) is 2.77. The molecule has 0 bridgehead atoms. The van der Waals surface area contributed by atoms with Crippen LogP contribution >= 0.6 is 27.3 Å². The molecule has 21 heavy (non-hydrogen) atoms. The molecular weight excluding hydrogens is 376 g/mol. The molecule has 0 radical (unpaired) electrons. The molecule has 120 valence electrons. The number of aryl methyl sites for hydroxylation is 1. The van der Waals surface area contributed by atoms with Crippen LogP contribution in [0.3, 0.4) is 0 Å². The van der Waals surface area contributed by atoms with Crippen molar-refractivity contribution < 1.29 is 13.5 Å². The van der Waals surface area contributed by atoms with E-state index in [-0.39, 0.29) is 19.2 Å². The second-order valence-electron chi connectivity index (χ2n) is 5.34. The molecule has 0 unspecified atom stereocenters. The quantitative estimate of drug-likeness (QED) is 0.825. The molecule has 1 saturated heterocycles. The highest BCUT2D eigenvalue weighted by molar-refractivity contribution is 9.11. The van der Waals surface area contributed by atoms with Gasteiger partial charge in [-0.15, -0.1) is 11.3 Å². The zero-order valence-corrected chi connectivity index (χ0v) is 15.5. The Morgan fingerprint density at radius 3 is 2.57 bits per heavy atom. The number of nitrogens with zero attached hydrogens (tertiary/aromatic N) is 2. The first-order valence-electron chi connectivity index (χ1n) is 6.93. The number of sulfonamides is 1. The average molecular weight is 397 g/mol. The van der Waals surface area contributed by atoms with Crippen molar-refractivity contribution in [3.63, 3.8) is 0 Å². The van der Waals surface area contributed by atoms with Crippen molar-refractivity contribution in [1.82, 2.24) is 9.21 Å². The molecule has 5 nitrogen and oxygen atoms in total. The normalized spacial score (nSPS) is 18.5. The van der Waals surface area contributed by atoms with Crippen LogP contribution in [0, 0.1) is 6.92 Å². The van der Waals surface area contributed by atoms with E-state index in [1.807, 2.05) is 14.0 Å². The number of piperidine rings is 1. The lowest BCUT2D eigenvalue weighted by Crippen LogP contribution is -2.47. The first kappa shape index (κ1) is 17.4. The van der Waals surface area contributed by atoms with Crippen molar-refractivity contribution in [2.24, 2.45) is 0 Å². The lowest BCUT2D eigenvalue weighted by molar-refractivity contribution is 0.161. The van der Waals surface area contributed by atoms with Gasteiger partial charge in [0.2, 0.25) is 10.0 Å². The lowest BCUT2D eigenvalue weighted by atomic mass is 10.1. The first-order valence-corrected chi connectivity index (χ1v) is 9.98. The van der Waals surface area contributed by atoms with Gasteiger partial charge in [-0.05, 0) is 61.9 Å². The summed E-state index contributed by atoms with van der Waals surface area (Å²) >= 11 is 4.77. The third-order valence-electron chi connectivity index (χ3n) is 3.84. The van der Waals surface area contributed by atoms with Gasteiger partial charge < -0.3 is 10.0 Å². The van der Waals surface area contributed by atoms with E-state index in [9.17, 15) is 13.5 Å². The Bertz CT molecular complexity index is 580. The SMILES string of the molecule is Cc1sc(Br)cc1S(=O)(=O)N(CCO)C1CCN(C)CC1. The minimum atomic E-state index is -3.55. The minimum Gasteiger partial charge on any atom is -0.395 e. The topological polar surface area (TPSA) is 60.9 Å². The second kappa shape index (κ2) is 7.06. The summed E-state index contributed by atoms with van der Waals surface area (Å²) < 4.78 is 28.1. The van der Waals surface area contributed by atoms with Gasteiger partial charge in [0, 0.05) is 17.5 Å². The number of likely N-dealkylation sites (tertiary alicyclic amines) is 1. The molecule has 1 aliphatic heterocycles. The molecule has 0 saturated carbocycles. The van der Waals surface area contributed by atoms with Crippen LogP contribution in [0.25, 0.3) is 0 Å². The molecule has 0 amide bonds. The fourth-order valence-electron chi connectivity index (χ4n) is 2.69. The van der Waals surface area contributed by atoms with Gasteiger partial charge in [-0.1, -0.05) is 0 Å². The van der Waals surface area contributed by atoms with E-state index >= 15 is 0 Å². The maximum absolute atomic E-state index is 12.9. The highest BCUT2D eigenvalue weighted by Gasteiger charge is 2.34. The van der Waals surface area contributed by atoms with E-state index < -0.39 is 10.0 Å². The fourth-order valence-corrected chi connectivity index (χ4v) is 6.75. The summed E-state index contributed by atoms with van der Waals surface area (Å²) in [7, 11) is -1.51. The number of rotatable bonds is 5. The number of aliphatic hydroxyl groups is 1. The van der Waals surface area contributed by atoms with Crippen LogP contribution in [-0.4, -0.2) is 62.1 Å². The molecule has 1 aromatic heterocycles. The zero-order valence-electron chi connectivity index (χ0n) is 12.2. The molecule has 0 atom stereocenters. The Morgan fingerprint density at radius 1 is 1.48 bits per heavy atom. The molecule has 2 heterocycles. The van der Waals surface area contributed by atoms with Crippen molar-refractivity contribution in [1.29, 1.82) is 0 Å². The Balaban J connectivity index is 2.30. The summed E-state index contributed by atoms with van der Waals surface area (Å²) in [5, 5.41) is 9.28. The van der Waals surface area contributed by atoms with Gasteiger partial charge in [-0.3, -0.25) is 0 Å². The number of hydrogen-bond donors (Lipinski definition) is 1. The predicted molar refractivity (Wildman–Crippen MR) is 88.3 cm³/mol. The van der Waals surface area contributed by atoms with Crippen molar-refractivity contribution >= 4 is 37.3 Å². The first-order chi connectivity index (χ1) is 9.86. The highest BCUT2D eigenvalue weighted by Crippen LogP contribution is 2.33. The smallest absolute Gasteiger partial charge is 0.244 e. The molecule has 0 spiro atoms. The van der Waals surface area contributed by atoms with Crippen LogP contribution in [0.2, 0.25) is 0 Å². The molecule has 0 aromatic carbocycles. The largest absolute Gasteiger partial charge is 0.395 e. The summed E-state index contributed by atoms with van der Waals surface area (Å²) in [6, 6.07) is 1.63. The number of halogens is 1. The molecule has 1 fully saturated rings. The number of aliphatic hydroxyl groups excluding tert-OH is 1. The van der Waals surface area contributed by atoms with Crippen molar-refractivity contribution in [2.45, 2.75) is 30.7 Å². The Morgan fingerprint density at radius 2 is 2.10 bits per heavy atom. The van der Waals surface area contributed by atoms with Crippen molar-refractivity contribution in [3.8, 4) is 0 Å².